The predicted molar refractivity (Wildman–Crippen MR) is 97.5 cm³/mol. The highest BCUT2D eigenvalue weighted by atomic mass is 79.9. The predicted octanol–water partition coefficient (Wildman–Crippen LogP) is 3.53. The Morgan fingerprint density at radius 3 is 2.67 bits per heavy atom. The van der Waals surface area contributed by atoms with Gasteiger partial charge in [-0.05, 0) is 36.8 Å². The standard InChI is InChI=1S/C18H20BrN3O2/c1-13-6-7-15(11-17(13)19)21-18(24)8-10-22(14(2)23)12-16-5-3-4-9-20-16/h3-7,9,11H,8,10,12H2,1-2H3,(H,21,24). The van der Waals surface area contributed by atoms with Gasteiger partial charge in [0.1, 0.15) is 0 Å². The van der Waals surface area contributed by atoms with Crippen LogP contribution in [0, 0.1) is 6.92 Å². The first-order valence-electron chi connectivity index (χ1n) is 7.67. The Morgan fingerprint density at radius 2 is 2.04 bits per heavy atom. The molecule has 0 saturated heterocycles. The summed E-state index contributed by atoms with van der Waals surface area (Å²) in [6.45, 7) is 4.24. The summed E-state index contributed by atoms with van der Waals surface area (Å²) in [6.07, 6.45) is 1.92. The fraction of sp³-hybridized carbons (Fsp3) is 0.278. The fourth-order valence-corrected chi connectivity index (χ4v) is 2.54. The first-order valence-corrected chi connectivity index (χ1v) is 8.46. The lowest BCUT2D eigenvalue weighted by Crippen LogP contribution is -2.31. The summed E-state index contributed by atoms with van der Waals surface area (Å²) < 4.78 is 0.945. The summed E-state index contributed by atoms with van der Waals surface area (Å²) in [5, 5.41) is 2.85. The molecule has 24 heavy (non-hydrogen) atoms. The van der Waals surface area contributed by atoms with E-state index in [2.05, 4.69) is 26.2 Å². The molecule has 0 saturated carbocycles. The molecule has 1 aromatic carbocycles. The van der Waals surface area contributed by atoms with Crippen LogP contribution >= 0.6 is 15.9 Å². The molecule has 0 spiro atoms. The van der Waals surface area contributed by atoms with E-state index in [0.29, 0.717) is 13.1 Å². The number of aromatic nitrogens is 1. The lowest BCUT2D eigenvalue weighted by molar-refractivity contribution is -0.130. The average Bonchev–Trinajstić information content (AvgIpc) is 2.55. The van der Waals surface area contributed by atoms with Crippen LogP contribution < -0.4 is 5.32 Å². The number of benzene rings is 1. The largest absolute Gasteiger partial charge is 0.337 e. The number of anilines is 1. The third kappa shape index (κ3) is 5.45. The number of pyridine rings is 1. The Labute approximate surface area is 150 Å². The number of carbonyl (C=O) groups is 2. The Hall–Kier alpha value is -2.21. The molecule has 0 bridgehead atoms. The lowest BCUT2D eigenvalue weighted by atomic mass is 10.2. The molecule has 2 rings (SSSR count). The van der Waals surface area contributed by atoms with E-state index in [1.807, 2.05) is 43.3 Å². The third-order valence-corrected chi connectivity index (χ3v) is 4.44. The van der Waals surface area contributed by atoms with Gasteiger partial charge >= 0.3 is 0 Å². The second-order valence-electron chi connectivity index (χ2n) is 5.52. The van der Waals surface area contributed by atoms with E-state index >= 15 is 0 Å². The highest BCUT2D eigenvalue weighted by molar-refractivity contribution is 9.10. The minimum Gasteiger partial charge on any atom is -0.337 e. The van der Waals surface area contributed by atoms with E-state index in [9.17, 15) is 9.59 Å². The highest BCUT2D eigenvalue weighted by Gasteiger charge is 2.12. The molecule has 0 atom stereocenters. The van der Waals surface area contributed by atoms with Crippen LogP contribution in [0.1, 0.15) is 24.6 Å². The van der Waals surface area contributed by atoms with Gasteiger partial charge in [-0.2, -0.15) is 0 Å². The zero-order valence-corrected chi connectivity index (χ0v) is 15.3. The van der Waals surface area contributed by atoms with Crippen molar-refractivity contribution < 1.29 is 9.59 Å². The molecular formula is C18H20BrN3O2. The van der Waals surface area contributed by atoms with Crippen molar-refractivity contribution in [1.29, 1.82) is 0 Å². The molecule has 1 N–H and O–H groups in total. The van der Waals surface area contributed by atoms with Gasteiger partial charge < -0.3 is 10.2 Å². The van der Waals surface area contributed by atoms with Crippen molar-refractivity contribution in [3.8, 4) is 0 Å². The molecule has 0 radical (unpaired) electrons. The van der Waals surface area contributed by atoms with Crippen LogP contribution in [0.2, 0.25) is 0 Å². The molecule has 1 heterocycles. The van der Waals surface area contributed by atoms with Gasteiger partial charge in [-0.15, -0.1) is 0 Å². The maximum absolute atomic E-state index is 12.1. The number of amides is 2. The summed E-state index contributed by atoms with van der Waals surface area (Å²) in [7, 11) is 0. The molecule has 1 aromatic heterocycles. The monoisotopic (exact) mass is 389 g/mol. The molecule has 5 nitrogen and oxygen atoms in total. The number of hydrogen-bond donors (Lipinski definition) is 1. The summed E-state index contributed by atoms with van der Waals surface area (Å²) in [6, 6.07) is 11.2. The second kappa shape index (κ2) is 8.59. The van der Waals surface area contributed by atoms with E-state index in [0.717, 1.165) is 21.4 Å². The smallest absolute Gasteiger partial charge is 0.226 e. The maximum atomic E-state index is 12.1. The van der Waals surface area contributed by atoms with Gasteiger partial charge in [-0.1, -0.05) is 28.1 Å². The molecule has 2 amide bonds. The topological polar surface area (TPSA) is 62.3 Å². The SMILES string of the molecule is CC(=O)N(CCC(=O)Nc1ccc(C)c(Br)c1)Cc1ccccn1. The van der Waals surface area contributed by atoms with Crippen molar-refractivity contribution in [1.82, 2.24) is 9.88 Å². The van der Waals surface area contributed by atoms with E-state index in [1.165, 1.54) is 6.92 Å². The average molecular weight is 390 g/mol. The van der Waals surface area contributed by atoms with Crippen LogP contribution in [-0.4, -0.2) is 28.2 Å². The van der Waals surface area contributed by atoms with Crippen molar-refractivity contribution in [2.45, 2.75) is 26.8 Å². The summed E-state index contributed by atoms with van der Waals surface area (Å²) >= 11 is 3.44. The number of nitrogens with one attached hydrogen (secondary N) is 1. The second-order valence-corrected chi connectivity index (χ2v) is 6.38. The van der Waals surface area contributed by atoms with Crippen molar-refractivity contribution in [3.63, 3.8) is 0 Å². The third-order valence-electron chi connectivity index (χ3n) is 3.59. The van der Waals surface area contributed by atoms with Crippen molar-refractivity contribution in [2.75, 3.05) is 11.9 Å². The zero-order valence-electron chi connectivity index (χ0n) is 13.8. The van der Waals surface area contributed by atoms with Gasteiger partial charge in [0.25, 0.3) is 0 Å². The summed E-state index contributed by atoms with van der Waals surface area (Å²) in [5.41, 5.74) is 2.64. The van der Waals surface area contributed by atoms with Gasteiger partial charge in [0, 0.05) is 36.2 Å². The molecule has 0 fully saturated rings. The fourth-order valence-electron chi connectivity index (χ4n) is 2.17. The number of hydrogen-bond acceptors (Lipinski definition) is 3. The van der Waals surface area contributed by atoms with Crippen LogP contribution in [-0.2, 0) is 16.1 Å². The number of nitrogens with zero attached hydrogens (tertiary/aromatic N) is 2. The van der Waals surface area contributed by atoms with Crippen LogP contribution in [0.25, 0.3) is 0 Å². The number of rotatable bonds is 6. The summed E-state index contributed by atoms with van der Waals surface area (Å²) in [4.78, 5) is 29.7. The Balaban J connectivity index is 1.90. The molecule has 0 aliphatic rings. The van der Waals surface area contributed by atoms with E-state index in [4.69, 9.17) is 0 Å². The maximum Gasteiger partial charge on any atom is 0.226 e. The van der Waals surface area contributed by atoms with Crippen LogP contribution in [0.15, 0.2) is 47.1 Å². The van der Waals surface area contributed by atoms with E-state index in [1.54, 1.807) is 11.1 Å². The molecule has 0 unspecified atom stereocenters. The Morgan fingerprint density at radius 1 is 1.25 bits per heavy atom. The van der Waals surface area contributed by atoms with Crippen molar-refractivity contribution >= 4 is 33.4 Å². The van der Waals surface area contributed by atoms with Gasteiger partial charge in [-0.25, -0.2) is 0 Å². The van der Waals surface area contributed by atoms with Gasteiger partial charge in [0.15, 0.2) is 0 Å². The van der Waals surface area contributed by atoms with Gasteiger partial charge in [0.2, 0.25) is 11.8 Å². The normalized spacial score (nSPS) is 10.3. The zero-order chi connectivity index (χ0) is 17.5. The van der Waals surface area contributed by atoms with E-state index in [-0.39, 0.29) is 18.2 Å². The Bertz CT molecular complexity index is 719. The number of aryl methyl sites for hydroxylation is 1. The minimum absolute atomic E-state index is 0.0773. The van der Waals surface area contributed by atoms with Crippen LogP contribution in [0.4, 0.5) is 5.69 Å². The van der Waals surface area contributed by atoms with Gasteiger partial charge in [-0.3, -0.25) is 14.6 Å². The Kier molecular flexibility index (Phi) is 6.49. The molecule has 6 heteroatoms. The van der Waals surface area contributed by atoms with Crippen LogP contribution in [0.5, 0.6) is 0 Å². The van der Waals surface area contributed by atoms with Crippen molar-refractivity contribution in [3.05, 3.63) is 58.3 Å². The molecule has 126 valence electrons. The number of carbonyl (C=O) groups excluding carboxylic acids is 2. The first-order chi connectivity index (χ1) is 11.5. The molecule has 2 aromatic rings. The highest BCUT2D eigenvalue weighted by Crippen LogP contribution is 2.20. The number of halogens is 1. The van der Waals surface area contributed by atoms with Gasteiger partial charge in [0.05, 0.1) is 12.2 Å². The van der Waals surface area contributed by atoms with E-state index < -0.39 is 0 Å². The minimum atomic E-state index is -0.127. The van der Waals surface area contributed by atoms with Crippen molar-refractivity contribution in [2.24, 2.45) is 0 Å². The molecule has 0 aliphatic carbocycles. The molecule has 0 aliphatic heterocycles. The summed E-state index contributed by atoms with van der Waals surface area (Å²) in [5.74, 6) is -0.204. The quantitative estimate of drug-likeness (QED) is 0.821. The van der Waals surface area contributed by atoms with Crippen LogP contribution in [0.3, 0.4) is 0 Å². The lowest BCUT2D eigenvalue weighted by Gasteiger charge is -2.20. The first kappa shape index (κ1) is 18.1. The molecular weight excluding hydrogens is 370 g/mol.